The van der Waals surface area contributed by atoms with Gasteiger partial charge in [0.05, 0.1) is 34.1 Å². The number of methoxy groups -OCH3 is 4. The highest BCUT2D eigenvalue weighted by Crippen LogP contribution is 2.41. The van der Waals surface area contributed by atoms with E-state index in [0.717, 1.165) is 0 Å². The number of hydrogen-bond donors (Lipinski definition) is 1. The Labute approximate surface area is 201 Å². The van der Waals surface area contributed by atoms with E-state index in [9.17, 15) is 9.18 Å². The first-order chi connectivity index (χ1) is 17.0. The fraction of sp³-hybridized carbons (Fsp3) is 0.160. The molecule has 35 heavy (non-hydrogen) atoms. The zero-order valence-corrected chi connectivity index (χ0v) is 19.5. The maximum atomic E-state index is 13.6. The van der Waals surface area contributed by atoms with Gasteiger partial charge in [0.2, 0.25) is 11.6 Å². The molecule has 0 aliphatic heterocycles. The number of rotatable bonds is 8. The SMILES string of the molecule is COc1ccc(-n2nc(C(=O)Nc3cccc(F)c3)nc2-c2cc(OC)c(OC)c(OC)c2)cc1. The van der Waals surface area contributed by atoms with E-state index >= 15 is 0 Å². The predicted molar refractivity (Wildman–Crippen MR) is 127 cm³/mol. The van der Waals surface area contributed by atoms with Crippen molar-refractivity contribution in [1.29, 1.82) is 0 Å². The molecule has 0 fully saturated rings. The molecule has 3 aromatic carbocycles. The minimum atomic E-state index is -0.600. The Morgan fingerprint density at radius 3 is 2.14 bits per heavy atom. The third kappa shape index (κ3) is 4.86. The molecule has 0 saturated carbocycles. The van der Waals surface area contributed by atoms with Gasteiger partial charge >= 0.3 is 0 Å². The summed E-state index contributed by atoms with van der Waals surface area (Å²) in [6.07, 6.45) is 0. The fourth-order valence-corrected chi connectivity index (χ4v) is 3.46. The average Bonchev–Trinajstić information content (AvgIpc) is 3.33. The molecule has 0 bridgehead atoms. The van der Waals surface area contributed by atoms with Crippen molar-refractivity contribution >= 4 is 11.6 Å². The van der Waals surface area contributed by atoms with Crippen LogP contribution in [-0.4, -0.2) is 49.1 Å². The summed E-state index contributed by atoms with van der Waals surface area (Å²) in [5.74, 6) is 1.06. The summed E-state index contributed by atoms with van der Waals surface area (Å²) < 4.78 is 36.7. The Kier molecular flexibility index (Phi) is 6.81. The number of halogens is 1. The Balaban J connectivity index is 1.83. The van der Waals surface area contributed by atoms with Gasteiger partial charge in [-0.1, -0.05) is 6.07 Å². The molecule has 0 aliphatic rings. The van der Waals surface area contributed by atoms with E-state index in [1.54, 1.807) is 49.6 Å². The highest BCUT2D eigenvalue weighted by molar-refractivity contribution is 6.01. The van der Waals surface area contributed by atoms with E-state index in [1.165, 1.54) is 44.2 Å². The number of amides is 1. The molecule has 1 N–H and O–H groups in total. The van der Waals surface area contributed by atoms with Gasteiger partial charge in [0.1, 0.15) is 11.6 Å². The summed E-state index contributed by atoms with van der Waals surface area (Å²) in [6.45, 7) is 0. The highest BCUT2D eigenvalue weighted by Gasteiger charge is 2.22. The number of benzene rings is 3. The molecule has 9 nitrogen and oxygen atoms in total. The molecule has 4 aromatic rings. The van der Waals surface area contributed by atoms with E-state index in [2.05, 4.69) is 15.4 Å². The summed E-state index contributed by atoms with van der Waals surface area (Å²) in [6, 6.07) is 16.1. The molecular formula is C25H23FN4O5. The topological polar surface area (TPSA) is 96.7 Å². The Bertz CT molecular complexity index is 1330. The molecule has 180 valence electrons. The molecule has 0 aliphatic carbocycles. The van der Waals surface area contributed by atoms with Gasteiger partial charge in [-0.05, 0) is 54.6 Å². The van der Waals surface area contributed by atoms with Crippen molar-refractivity contribution in [3.05, 3.63) is 72.3 Å². The normalized spacial score (nSPS) is 10.5. The number of carbonyl (C=O) groups is 1. The van der Waals surface area contributed by atoms with Crippen molar-refractivity contribution in [2.24, 2.45) is 0 Å². The Morgan fingerprint density at radius 2 is 1.57 bits per heavy atom. The predicted octanol–water partition coefficient (Wildman–Crippen LogP) is 4.36. The maximum Gasteiger partial charge on any atom is 0.295 e. The summed E-state index contributed by atoms with van der Waals surface area (Å²) >= 11 is 0. The molecule has 1 heterocycles. The summed E-state index contributed by atoms with van der Waals surface area (Å²) in [4.78, 5) is 17.4. The van der Waals surface area contributed by atoms with Gasteiger partial charge in [0, 0.05) is 11.3 Å². The van der Waals surface area contributed by atoms with Crippen LogP contribution in [-0.2, 0) is 0 Å². The van der Waals surface area contributed by atoms with Gasteiger partial charge < -0.3 is 24.3 Å². The minimum absolute atomic E-state index is 0.117. The van der Waals surface area contributed by atoms with Gasteiger partial charge in [0.15, 0.2) is 17.3 Å². The number of aromatic nitrogens is 3. The summed E-state index contributed by atoms with van der Waals surface area (Å²) in [5.41, 5.74) is 1.48. The lowest BCUT2D eigenvalue weighted by Crippen LogP contribution is -2.14. The quantitative estimate of drug-likeness (QED) is 0.402. The van der Waals surface area contributed by atoms with Crippen LogP contribution in [0.5, 0.6) is 23.0 Å². The monoisotopic (exact) mass is 478 g/mol. The first kappa shape index (κ1) is 23.6. The second kappa shape index (κ2) is 10.1. The molecule has 0 spiro atoms. The smallest absolute Gasteiger partial charge is 0.295 e. The van der Waals surface area contributed by atoms with Crippen LogP contribution in [0, 0.1) is 5.82 Å². The van der Waals surface area contributed by atoms with Crippen molar-refractivity contribution in [1.82, 2.24) is 14.8 Å². The largest absolute Gasteiger partial charge is 0.497 e. The third-order valence-electron chi connectivity index (χ3n) is 5.13. The number of nitrogens with zero attached hydrogens (tertiary/aromatic N) is 3. The van der Waals surface area contributed by atoms with E-state index < -0.39 is 11.7 Å². The van der Waals surface area contributed by atoms with Gasteiger partial charge in [0.25, 0.3) is 5.91 Å². The molecule has 0 unspecified atom stereocenters. The van der Waals surface area contributed by atoms with Gasteiger partial charge in [-0.25, -0.2) is 14.1 Å². The maximum absolute atomic E-state index is 13.6. The lowest BCUT2D eigenvalue weighted by Gasteiger charge is -2.14. The van der Waals surface area contributed by atoms with E-state index in [4.69, 9.17) is 18.9 Å². The zero-order valence-electron chi connectivity index (χ0n) is 19.5. The fourth-order valence-electron chi connectivity index (χ4n) is 3.46. The first-order valence-corrected chi connectivity index (χ1v) is 10.5. The minimum Gasteiger partial charge on any atom is -0.497 e. The number of nitrogens with one attached hydrogen (secondary N) is 1. The van der Waals surface area contributed by atoms with Crippen molar-refractivity contribution < 1.29 is 28.1 Å². The van der Waals surface area contributed by atoms with Crippen LogP contribution >= 0.6 is 0 Å². The molecule has 10 heteroatoms. The number of ether oxygens (including phenoxy) is 4. The van der Waals surface area contributed by atoms with Crippen molar-refractivity contribution in [2.45, 2.75) is 0 Å². The lowest BCUT2D eigenvalue weighted by atomic mass is 10.1. The van der Waals surface area contributed by atoms with E-state index in [1.807, 2.05) is 0 Å². The molecule has 0 saturated heterocycles. The van der Waals surface area contributed by atoms with Crippen molar-refractivity contribution in [3.63, 3.8) is 0 Å². The molecule has 0 atom stereocenters. The van der Waals surface area contributed by atoms with E-state index in [0.29, 0.717) is 40.1 Å². The van der Waals surface area contributed by atoms with Gasteiger partial charge in [-0.2, -0.15) is 0 Å². The molecule has 0 radical (unpaired) electrons. The van der Waals surface area contributed by atoms with Gasteiger partial charge in [-0.15, -0.1) is 5.10 Å². The van der Waals surface area contributed by atoms with Crippen LogP contribution < -0.4 is 24.3 Å². The number of carbonyl (C=O) groups excluding carboxylic acids is 1. The molecule has 1 amide bonds. The highest BCUT2D eigenvalue weighted by atomic mass is 19.1. The number of anilines is 1. The molecule has 1 aromatic heterocycles. The second-order valence-corrected chi connectivity index (χ2v) is 7.25. The van der Waals surface area contributed by atoms with Crippen LogP contribution in [0.4, 0.5) is 10.1 Å². The van der Waals surface area contributed by atoms with Crippen molar-refractivity contribution in [2.75, 3.05) is 33.8 Å². The second-order valence-electron chi connectivity index (χ2n) is 7.25. The Morgan fingerprint density at radius 1 is 0.886 bits per heavy atom. The van der Waals surface area contributed by atoms with Crippen LogP contribution in [0.25, 0.3) is 17.1 Å². The standard InChI is InChI=1S/C25H23FN4O5/c1-32-19-10-8-18(9-11-19)30-24(15-12-20(33-2)22(35-4)21(13-15)34-3)28-23(29-30)25(31)27-17-7-5-6-16(26)14-17/h5-14H,1-4H3,(H,27,31). The zero-order chi connectivity index (χ0) is 24.9. The number of hydrogen-bond acceptors (Lipinski definition) is 7. The van der Waals surface area contributed by atoms with Crippen LogP contribution in [0.1, 0.15) is 10.6 Å². The molecule has 4 rings (SSSR count). The van der Waals surface area contributed by atoms with E-state index in [-0.39, 0.29) is 11.5 Å². The van der Waals surface area contributed by atoms with Crippen LogP contribution in [0.3, 0.4) is 0 Å². The first-order valence-electron chi connectivity index (χ1n) is 10.5. The summed E-state index contributed by atoms with van der Waals surface area (Å²) in [5, 5.41) is 7.05. The Hall–Kier alpha value is -4.60. The van der Waals surface area contributed by atoms with Gasteiger partial charge in [-0.3, -0.25) is 4.79 Å². The molecular weight excluding hydrogens is 455 g/mol. The van der Waals surface area contributed by atoms with Crippen LogP contribution in [0.15, 0.2) is 60.7 Å². The van der Waals surface area contributed by atoms with Crippen molar-refractivity contribution in [3.8, 4) is 40.1 Å². The third-order valence-corrected chi connectivity index (χ3v) is 5.13. The lowest BCUT2D eigenvalue weighted by molar-refractivity contribution is 0.101. The average molecular weight is 478 g/mol. The van der Waals surface area contributed by atoms with Crippen LogP contribution in [0.2, 0.25) is 0 Å². The summed E-state index contributed by atoms with van der Waals surface area (Å²) in [7, 11) is 6.09.